The zero-order chi connectivity index (χ0) is 19.9. The van der Waals surface area contributed by atoms with Gasteiger partial charge in [-0.25, -0.2) is 13.1 Å². The van der Waals surface area contributed by atoms with E-state index in [9.17, 15) is 8.42 Å². The summed E-state index contributed by atoms with van der Waals surface area (Å²) >= 11 is 0. The van der Waals surface area contributed by atoms with Gasteiger partial charge in [0.05, 0.1) is 5.75 Å². The first-order chi connectivity index (χ1) is 12.8. The quantitative estimate of drug-likeness (QED) is 0.444. The third-order valence-corrected chi connectivity index (χ3v) is 6.60. The maximum atomic E-state index is 11.6. The van der Waals surface area contributed by atoms with Gasteiger partial charge in [0.1, 0.15) is 0 Å². The van der Waals surface area contributed by atoms with Crippen molar-refractivity contribution in [1.82, 2.24) is 15.4 Å². The van der Waals surface area contributed by atoms with E-state index in [0.29, 0.717) is 17.9 Å². The lowest BCUT2D eigenvalue weighted by Gasteiger charge is -2.43. The molecule has 1 aliphatic carbocycles. The van der Waals surface area contributed by atoms with Gasteiger partial charge in [-0.2, -0.15) is 0 Å². The highest BCUT2D eigenvalue weighted by atomic mass is 32.2. The zero-order valence-corrected chi connectivity index (χ0v) is 17.8. The molecule has 0 bridgehead atoms. The molecule has 27 heavy (non-hydrogen) atoms. The first-order valence-electron chi connectivity index (χ1n) is 9.71. The Morgan fingerprint density at radius 1 is 1.15 bits per heavy atom. The second kappa shape index (κ2) is 9.55. The van der Waals surface area contributed by atoms with E-state index < -0.39 is 10.0 Å². The zero-order valence-electron chi connectivity index (χ0n) is 17.0. The van der Waals surface area contributed by atoms with Crippen LogP contribution >= 0.6 is 0 Å². The van der Waals surface area contributed by atoms with Crippen LogP contribution in [-0.4, -0.2) is 35.0 Å². The van der Waals surface area contributed by atoms with Crippen LogP contribution in [0.4, 0.5) is 0 Å². The van der Waals surface area contributed by atoms with Crippen LogP contribution in [0.15, 0.2) is 29.3 Å². The summed E-state index contributed by atoms with van der Waals surface area (Å²) in [6.07, 6.45) is 5.18. The van der Waals surface area contributed by atoms with Crippen molar-refractivity contribution in [3.05, 3.63) is 35.4 Å². The molecule has 7 heteroatoms. The molecule has 0 unspecified atom stereocenters. The molecule has 0 amide bonds. The highest BCUT2D eigenvalue weighted by molar-refractivity contribution is 7.88. The molecule has 1 aliphatic rings. The maximum Gasteiger partial charge on any atom is 0.215 e. The van der Waals surface area contributed by atoms with Crippen LogP contribution in [0.3, 0.4) is 0 Å². The van der Waals surface area contributed by atoms with E-state index in [4.69, 9.17) is 0 Å². The average Bonchev–Trinajstić information content (AvgIpc) is 2.60. The predicted octanol–water partition coefficient (Wildman–Crippen LogP) is 2.62. The van der Waals surface area contributed by atoms with Gasteiger partial charge >= 0.3 is 0 Å². The van der Waals surface area contributed by atoms with Crippen LogP contribution < -0.4 is 15.4 Å². The fourth-order valence-corrected chi connectivity index (χ4v) is 4.49. The molecule has 1 aromatic rings. The standard InChI is InChI=1S/C20H34N4O2S/c1-16(2)12-20(10-5-11-20)15-24-19(21-3)23-13-17-6-8-18(9-7-17)14-27(25,26)22-4/h6-9,16,22H,5,10-15H2,1-4H3,(H2,21,23,24). The van der Waals surface area contributed by atoms with Gasteiger partial charge in [0, 0.05) is 20.1 Å². The number of sulfonamides is 1. The Morgan fingerprint density at radius 3 is 2.26 bits per heavy atom. The summed E-state index contributed by atoms with van der Waals surface area (Å²) in [6.45, 7) is 6.19. The molecule has 152 valence electrons. The van der Waals surface area contributed by atoms with Crippen LogP contribution in [0.5, 0.6) is 0 Å². The topological polar surface area (TPSA) is 82.6 Å². The van der Waals surface area contributed by atoms with Crippen molar-refractivity contribution in [2.24, 2.45) is 16.3 Å². The van der Waals surface area contributed by atoms with Crippen molar-refractivity contribution in [3.63, 3.8) is 0 Å². The first kappa shape index (κ1) is 21.7. The highest BCUT2D eigenvalue weighted by Gasteiger charge is 2.37. The van der Waals surface area contributed by atoms with Gasteiger partial charge in [0.15, 0.2) is 5.96 Å². The molecule has 0 heterocycles. The van der Waals surface area contributed by atoms with Gasteiger partial charge < -0.3 is 10.6 Å². The summed E-state index contributed by atoms with van der Waals surface area (Å²) in [5.74, 6) is 1.53. The molecule has 0 aromatic heterocycles. The largest absolute Gasteiger partial charge is 0.356 e. The number of rotatable bonds is 9. The first-order valence-corrected chi connectivity index (χ1v) is 11.4. The van der Waals surface area contributed by atoms with Crippen LogP contribution in [0, 0.1) is 11.3 Å². The Balaban J connectivity index is 1.83. The van der Waals surface area contributed by atoms with Crippen molar-refractivity contribution < 1.29 is 8.42 Å². The Kier molecular flexibility index (Phi) is 7.68. The van der Waals surface area contributed by atoms with Crippen molar-refractivity contribution in [1.29, 1.82) is 0 Å². The summed E-state index contributed by atoms with van der Waals surface area (Å²) in [5, 5.41) is 6.84. The molecule has 0 spiro atoms. The lowest BCUT2D eigenvalue weighted by Crippen LogP contribution is -2.46. The molecular weight excluding hydrogens is 360 g/mol. The lowest BCUT2D eigenvalue weighted by atomic mass is 9.64. The minimum absolute atomic E-state index is 0.00162. The summed E-state index contributed by atoms with van der Waals surface area (Å²) in [6, 6.07) is 7.61. The van der Waals surface area contributed by atoms with Crippen molar-refractivity contribution >= 4 is 16.0 Å². The number of nitrogens with one attached hydrogen (secondary N) is 3. The van der Waals surface area contributed by atoms with Gasteiger partial charge in [-0.1, -0.05) is 44.5 Å². The third-order valence-electron chi connectivity index (χ3n) is 5.26. The minimum Gasteiger partial charge on any atom is -0.356 e. The van der Waals surface area contributed by atoms with Gasteiger partial charge in [0.2, 0.25) is 10.0 Å². The molecule has 2 rings (SSSR count). The third kappa shape index (κ3) is 6.81. The number of benzene rings is 1. The number of hydrogen-bond acceptors (Lipinski definition) is 3. The fraction of sp³-hybridized carbons (Fsp3) is 0.650. The molecule has 0 radical (unpaired) electrons. The normalized spacial score (nSPS) is 16.9. The van der Waals surface area contributed by atoms with E-state index in [1.807, 2.05) is 24.3 Å². The number of aliphatic imine (C=N–C) groups is 1. The van der Waals surface area contributed by atoms with E-state index in [1.54, 1.807) is 7.05 Å². The molecular formula is C20H34N4O2S. The number of nitrogens with zero attached hydrogens (tertiary/aromatic N) is 1. The van der Waals surface area contributed by atoms with Gasteiger partial charge in [-0.3, -0.25) is 4.99 Å². The Hall–Kier alpha value is -1.60. The van der Waals surface area contributed by atoms with E-state index in [2.05, 4.69) is 34.2 Å². The van der Waals surface area contributed by atoms with Crippen molar-refractivity contribution in [2.45, 2.75) is 51.8 Å². The molecule has 0 atom stereocenters. The van der Waals surface area contributed by atoms with Crippen LogP contribution in [0.25, 0.3) is 0 Å². The van der Waals surface area contributed by atoms with Gasteiger partial charge in [-0.05, 0) is 48.8 Å². The van der Waals surface area contributed by atoms with E-state index in [1.165, 1.54) is 32.7 Å². The van der Waals surface area contributed by atoms with E-state index in [0.717, 1.165) is 23.6 Å². The second-order valence-electron chi connectivity index (χ2n) is 8.01. The van der Waals surface area contributed by atoms with E-state index >= 15 is 0 Å². The Labute approximate surface area is 164 Å². The SMILES string of the molecule is CN=C(NCc1ccc(CS(=O)(=O)NC)cc1)NCC1(CC(C)C)CCC1. The average molecular weight is 395 g/mol. The van der Waals surface area contributed by atoms with Crippen LogP contribution in [0.1, 0.15) is 50.7 Å². The smallest absolute Gasteiger partial charge is 0.215 e. The monoisotopic (exact) mass is 394 g/mol. The molecule has 1 saturated carbocycles. The summed E-state index contributed by atoms with van der Waals surface area (Å²) < 4.78 is 25.6. The van der Waals surface area contributed by atoms with Gasteiger partial charge in [-0.15, -0.1) is 0 Å². The van der Waals surface area contributed by atoms with Crippen molar-refractivity contribution in [3.8, 4) is 0 Å². The fourth-order valence-electron chi connectivity index (χ4n) is 3.72. The Morgan fingerprint density at radius 2 is 1.78 bits per heavy atom. The molecule has 1 aromatic carbocycles. The van der Waals surface area contributed by atoms with E-state index in [-0.39, 0.29) is 5.75 Å². The van der Waals surface area contributed by atoms with Gasteiger partial charge in [0.25, 0.3) is 0 Å². The maximum absolute atomic E-state index is 11.6. The van der Waals surface area contributed by atoms with Crippen LogP contribution in [-0.2, 0) is 22.3 Å². The molecule has 3 N–H and O–H groups in total. The second-order valence-corrected chi connectivity index (χ2v) is 9.94. The number of guanidine groups is 1. The summed E-state index contributed by atoms with van der Waals surface area (Å²) in [7, 11) is -0.0167. The minimum atomic E-state index is -3.24. The molecule has 0 aliphatic heterocycles. The molecule has 6 nitrogen and oxygen atoms in total. The summed E-state index contributed by atoms with van der Waals surface area (Å²) in [5.41, 5.74) is 2.28. The number of hydrogen-bond donors (Lipinski definition) is 3. The predicted molar refractivity (Wildman–Crippen MR) is 112 cm³/mol. The highest BCUT2D eigenvalue weighted by Crippen LogP contribution is 2.45. The summed E-state index contributed by atoms with van der Waals surface area (Å²) in [4.78, 5) is 4.33. The molecule has 1 fully saturated rings. The Bertz CT molecular complexity index is 723. The lowest BCUT2D eigenvalue weighted by molar-refractivity contribution is 0.104. The molecule has 0 saturated heterocycles. The van der Waals surface area contributed by atoms with Crippen LogP contribution in [0.2, 0.25) is 0 Å². The van der Waals surface area contributed by atoms with Crippen molar-refractivity contribution in [2.75, 3.05) is 20.6 Å².